The maximum atomic E-state index is 5.70. The van der Waals surface area contributed by atoms with E-state index in [1.165, 1.54) is 5.56 Å². The Balaban J connectivity index is 1.99. The minimum absolute atomic E-state index is 0.586. The third-order valence-electron chi connectivity index (χ3n) is 3.85. The van der Waals surface area contributed by atoms with E-state index in [1.54, 1.807) is 0 Å². The molecule has 2 unspecified atom stereocenters. The second-order valence-corrected chi connectivity index (χ2v) is 5.31. The van der Waals surface area contributed by atoms with Crippen LogP contribution in [0.3, 0.4) is 0 Å². The van der Waals surface area contributed by atoms with Gasteiger partial charge in [-0.2, -0.15) is 0 Å². The number of pyridine rings is 1. The van der Waals surface area contributed by atoms with Gasteiger partial charge in [0.05, 0.1) is 0 Å². The number of likely N-dealkylation sites (N-methyl/N-ethyl adjacent to an activating group) is 1. The lowest BCUT2D eigenvalue weighted by Gasteiger charge is -2.43. The number of hydrogen-bond acceptors (Lipinski definition) is 4. The van der Waals surface area contributed by atoms with E-state index < -0.39 is 0 Å². The van der Waals surface area contributed by atoms with Gasteiger partial charge in [-0.05, 0) is 38.6 Å². The molecular formula is C14H24N4. The fraction of sp³-hybridized carbons (Fsp3) is 0.643. The van der Waals surface area contributed by atoms with Crippen LogP contribution in [0.25, 0.3) is 0 Å². The number of aromatic nitrogens is 1. The van der Waals surface area contributed by atoms with Gasteiger partial charge in [0.15, 0.2) is 0 Å². The largest absolute Gasteiger partial charge is 0.330 e. The zero-order valence-corrected chi connectivity index (χ0v) is 11.4. The van der Waals surface area contributed by atoms with Gasteiger partial charge >= 0.3 is 0 Å². The maximum absolute atomic E-state index is 5.70. The minimum atomic E-state index is 0.586. The molecule has 0 spiro atoms. The SMILES string of the molecule is CC1CN(C)C(CCN)CN1Cc1cccnc1. The van der Waals surface area contributed by atoms with Crippen molar-refractivity contribution in [2.24, 2.45) is 5.73 Å². The molecule has 0 amide bonds. The first-order valence-corrected chi connectivity index (χ1v) is 6.74. The molecule has 2 atom stereocenters. The molecule has 0 radical (unpaired) electrons. The van der Waals surface area contributed by atoms with Crippen molar-refractivity contribution in [3.63, 3.8) is 0 Å². The number of hydrogen-bond donors (Lipinski definition) is 1. The smallest absolute Gasteiger partial charge is 0.0312 e. The molecule has 1 aromatic heterocycles. The summed E-state index contributed by atoms with van der Waals surface area (Å²) in [4.78, 5) is 9.17. The van der Waals surface area contributed by atoms with Gasteiger partial charge in [0.1, 0.15) is 0 Å². The molecule has 1 aliphatic rings. The van der Waals surface area contributed by atoms with Crippen LogP contribution in [0, 0.1) is 0 Å². The summed E-state index contributed by atoms with van der Waals surface area (Å²) in [5, 5.41) is 0. The van der Waals surface area contributed by atoms with Crippen LogP contribution in [-0.4, -0.2) is 53.5 Å². The van der Waals surface area contributed by atoms with E-state index in [1.807, 2.05) is 18.5 Å². The van der Waals surface area contributed by atoms with Gasteiger partial charge in [0.25, 0.3) is 0 Å². The van der Waals surface area contributed by atoms with Gasteiger partial charge in [0.2, 0.25) is 0 Å². The van der Waals surface area contributed by atoms with Gasteiger partial charge < -0.3 is 10.6 Å². The second kappa shape index (κ2) is 6.27. The topological polar surface area (TPSA) is 45.4 Å². The molecule has 0 aromatic carbocycles. The highest BCUT2D eigenvalue weighted by atomic mass is 15.3. The molecular weight excluding hydrogens is 224 g/mol. The summed E-state index contributed by atoms with van der Waals surface area (Å²) < 4.78 is 0. The molecule has 1 aromatic rings. The van der Waals surface area contributed by atoms with Crippen molar-refractivity contribution in [2.45, 2.75) is 32.0 Å². The van der Waals surface area contributed by atoms with Crippen LogP contribution in [0.2, 0.25) is 0 Å². The van der Waals surface area contributed by atoms with Crippen LogP contribution in [0.5, 0.6) is 0 Å². The first-order valence-electron chi connectivity index (χ1n) is 6.74. The van der Waals surface area contributed by atoms with Crippen molar-refractivity contribution in [3.8, 4) is 0 Å². The number of piperazine rings is 1. The average Bonchev–Trinajstić information content (AvgIpc) is 2.37. The molecule has 1 saturated heterocycles. The highest BCUT2D eigenvalue weighted by Gasteiger charge is 2.28. The monoisotopic (exact) mass is 248 g/mol. The van der Waals surface area contributed by atoms with Gasteiger partial charge in [0, 0.05) is 44.1 Å². The molecule has 18 heavy (non-hydrogen) atoms. The molecule has 0 saturated carbocycles. The number of nitrogens with two attached hydrogens (primary N) is 1. The van der Waals surface area contributed by atoms with Gasteiger partial charge in [-0.3, -0.25) is 9.88 Å². The Hall–Kier alpha value is -0.970. The van der Waals surface area contributed by atoms with Crippen molar-refractivity contribution < 1.29 is 0 Å². The first kappa shape index (κ1) is 13.5. The van der Waals surface area contributed by atoms with Crippen molar-refractivity contribution in [2.75, 3.05) is 26.7 Å². The highest BCUT2D eigenvalue weighted by molar-refractivity contribution is 5.08. The minimum Gasteiger partial charge on any atom is -0.330 e. The van der Waals surface area contributed by atoms with Gasteiger partial charge in [-0.15, -0.1) is 0 Å². The highest BCUT2D eigenvalue weighted by Crippen LogP contribution is 2.18. The summed E-state index contributed by atoms with van der Waals surface area (Å²) >= 11 is 0. The van der Waals surface area contributed by atoms with E-state index >= 15 is 0 Å². The fourth-order valence-electron chi connectivity index (χ4n) is 2.72. The van der Waals surface area contributed by atoms with Gasteiger partial charge in [-0.25, -0.2) is 0 Å². The lowest BCUT2D eigenvalue weighted by atomic mass is 10.0. The summed E-state index contributed by atoms with van der Waals surface area (Å²) in [6.07, 6.45) is 4.86. The van der Waals surface area contributed by atoms with E-state index in [-0.39, 0.29) is 0 Å². The number of rotatable bonds is 4. The van der Waals surface area contributed by atoms with Crippen LogP contribution in [-0.2, 0) is 6.54 Å². The van der Waals surface area contributed by atoms with Crippen molar-refractivity contribution in [1.82, 2.24) is 14.8 Å². The normalized spacial score (nSPS) is 26.4. The molecule has 4 heteroatoms. The van der Waals surface area contributed by atoms with Crippen molar-refractivity contribution >= 4 is 0 Å². The maximum Gasteiger partial charge on any atom is 0.0312 e. The Morgan fingerprint density at radius 3 is 2.94 bits per heavy atom. The summed E-state index contributed by atoms with van der Waals surface area (Å²) in [5.74, 6) is 0. The summed E-state index contributed by atoms with van der Waals surface area (Å²) in [6.45, 7) is 6.27. The molecule has 2 N–H and O–H groups in total. The summed E-state index contributed by atoms with van der Waals surface area (Å²) in [5.41, 5.74) is 6.99. The zero-order valence-electron chi connectivity index (χ0n) is 11.4. The molecule has 100 valence electrons. The predicted molar refractivity (Wildman–Crippen MR) is 74.2 cm³/mol. The lowest BCUT2D eigenvalue weighted by Crippen LogP contribution is -2.55. The summed E-state index contributed by atoms with van der Waals surface area (Å²) in [6, 6.07) is 5.33. The molecule has 1 fully saturated rings. The Kier molecular flexibility index (Phi) is 4.69. The van der Waals surface area contributed by atoms with E-state index in [0.29, 0.717) is 12.1 Å². The average molecular weight is 248 g/mol. The molecule has 0 aliphatic carbocycles. The third-order valence-corrected chi connectivity index (χ3v) is 3.85. The second-order valence-electron chi connectivity index (χ2n) is 5.31. The standard InChI is InChI=1S/C14H24N4/c1-12-9-17(2)14(5-6-15)11-18(12)10-13-4-3-7-16-8-13/h3-4,7-8,12,14H,5-6,9-11,15H2,1-2H3. The Morgan fingerprint density at radius 1 is 1.44 bits per heavy atom. The van der Waals surface area contributed by atoms with Crippen molar-refractivity contribution in [3.05, 3.63) is 30.1 Å². The first-order chi connectivity index (χ1) is 8.70. The van der Waals surface area contributed by atoms with E-state index in [9.17, 15) is 0 Å². The Labute approximate surface area is 110 Å². The fourth-order valence-corrected chi connectivity index (χ4v) is 2.72. The molecule has 4 nitrogen and oxygen atoms in total. The third kappa shape index (κ3) is 3.28. The van der Waals surface area contributed by atoms with Crippen LogP contribution < -0.4 is 5.73 Å². The van der Waals surface area contributed by atoms with E-state index in [4.69, 9.17) is 5.73 Å². The van der Waals surface area contributed by atoms with Crippen LogP contribution in [0.4, 0.5) is 0 Å². The van der Waals surface area contributed by atoms with Crippen LogP contribution >= 0.6 is 0 Å². The van der Waals surface area contributed by atoms with E-state index in [0.717, 1.165) is 32.6 Å². The quantitative estimate of drug-likeness (QED) is 0.861. The van der Waals surface area contributed by atoms with Crippen molar-refractivity contribution in [1.29, 1.82) is 0 Å². The summed E-state index contributed by atoms with van der Waals surface area (Å²) in [7, 11) is 2.21. The molecule has 2 rings (SSSR count). The zero-order chi connectivity index (χ0) is 13.0. The Morgan fingerprint density at radius 2 is 2.28 bits per heavy atom. The lowest BCUT2D eigenvalue weighted by molar-refractivity contribution is 0.0443. The van der Waals surface area contributed by atoms with Gasteiger partial charge in [-0.1, -0.05) is 6.07 Å². The molecule has 1 aliphatic heterocycles. The number of nitrogens with zero attached hydrogens (tertiary/aromatic N) is 3. The molecule has 0 bridgehead atoms. The molecule has 2 heterocycles. The van der Waals surface area contributed by atoms with Crippen LogP contribution in [0.15, 0.2) is 24.5 Å². The Bertz CT molecular complexity index is 354. The predicted octanol–water partition coefficient (Wildman–Crippen LogP) is 0.935. The van der Waals surface area contributed by atoms with Crippen LogP contribution in [0.1, 0.15) is 18.9 Å². The van der Waals surface area contributed by atoms with E-state index in [2.05, 4.69) is 34.8 Å².